The van der Waals surface area contributed by atoms with Crippen molar-refractivity contribution < 1.29 is 0 Å². The molecule has 1 atom stereocenters. The summed E-state index contributed by atoms with van der Waals surface area (Å²) in [6.45, 7) is 5.08. The van der Waals surface area contributed by atoms with Gasteiger partial charge in [0.05, 0.1) is 6.20 Å². The average Bonchev–Trinajstić information content (AvgIpc) is 2.61. The van der Waals surface area contributed by atoms with Crippen molar-refractivity contribution in [2.75, 3.05) is 13.1 Å². The van der Waals surface area contributed by atoms with Crippen molar-refractivity contribution in [2.24, 2.45) is 0 Å². The zero-order valence-electron chi connectivity index (χ0n) is 8.46. The molecule has 1 aromatic rings. The van der Waals surface area contributed by atoms with Crippen LogP contribution in [0, 0.1) is 0 Å². The van der Waals surface area contributed by atoms with Crippen LogP contribution >= 0.6 is 11.6 Å². The van der Waals surface area contributed by atoms with Gasteiger partial charge in [-0.15, -0.1) is 0 Å². The minimum Gasteiger partial charge on any atom is -0.316 e. The number of nitrogens with zero attached hydrogens (tertiary/aromatic N) is 2. The van der Waals surface area contributed by atoms with E-state index >= 15 is 0 Å². The van der Waals surface area contributed by atoms with Gasteiger partial charge in [-0.3, -0.25) is 4.68 Å². The summed E-state index contributed by atoms with van der Waals surface area (Å²) in [4.78, 5) is 0. The molecule has 0 amide bonds. The van der Waals surface area contributed by atoms with E-state index < -0.39 is 0 Å². The first-order valence-corrected chi connectivity index (χ1v) is 5.62. The van der Waals surface area contributed by atoms with Crippen LogP contribution in [-0.2, 0) is 6.54 Å². The Morgan fingerprint density at radius 2 is 2.57 bits per heavy atom. The Bertz CT molecular complexity index is 302. The van der Waals surface area contributed by atoms with E-state index in [1.807, 2.05) is 10.9 Å². The smallest absolute Gasteiger partial charge is 0.130 e. The summed E-state index contributed by atoms with van der Waals surface area (Å²) in [6.07, 6.45) is 4.38. The van der Waals surface area contributed by atoms with E-state index in [1.54, 1.807) is 0 Å². The Kier molecular flexibility index (Phi) is 3.08. The molecular formula is C10H16ClN3. The molecule has 0 spiro atoms. The third-order valence-electron chi connectivity index (χ3n) is 2.84. The monoisotopic (exact) mass is 213 g/mol. The lowest BCUT2D eigenvalue weighted by atomic mass is 9.94. The highest BCUT2D eigenvalue weighted by Gasteiger charge is 2.20. The quantitative estimate of drug-likeness (QED) is 0.815. The van der Waals surface area contributed by atoms with Crippen molar-refractivity contribution in [1.29, 1.82) is 0 Å². The maximum absolute atomic E-state index is 6.23. The van der Waals surface area contributed by atoms with Crippen molar-refractivity contribution >= 4 is 11.6 Å². The van der Waals surface area contributed by atoms with E-state index in [-0.39, 0.29) is 0 Å². The SMILES string of the molecule is CCn1ncc(C2CCCNC2)c1Cl. The van der Waals surface area contributed by atoms with E-state index in [2.05, 4.69) is 17.3 Å². The summed E-state index contributed by atoms with van der Waals surface area (Å²) in [5.74, 6) is 0.552. The fourth-order valence-corrected chi connectivity index (χ4v) is 2.36. The standard InChI is InChI=1S/C10H16ClN3/c1-2-14-10(11)9(7-13-14)8-4-3-5-12-6-8/h7-8,12H,2-6H2,1H3. The van der Waals surface area contributed by atoms with Gasteiger partial charge in [-0.05, 0) is 26.3 Å². The molecule has 2 rings (SSSR count). The maximum Gasteiger partial charge on any atom is 0.130 e. The van der Waals surface area contributed by atoms with E-state index in [9.17, 15) is 0 Å². The van der Waals surface area contributed by atoms with Gasteiger partial charge >= 0.3 is 0 Å². The van der Waals surface area contributed by atoms with Gasteiger partial charge in [0, 0.05) is 24.6 Å². The first-order valence-electron chi connectivity index (χ1n) is 5.25. The number of halogens is 1. The van der Waals surface area contributed by atoms with Crippen LogP contribution in [-0.4, -0.2) is 22.9 Å². The fourth-order valence-electron chi connectivity index (χ4n) is 2.00. The van der Waals surface area contributed by atoms with Crippen molar-refractivity contribution in [1.82, 2.24) is 15.1 Å². The minimum absolute atomic E-state index is 0.552. The van der Waals surface area contributed by atoms with Gasteiger partial charge in [0.25, 0.3) is 0 Å². The Labute approximate surface area is 89.4 Å². The molecule has 1 aliphatic rings. The molecule has 1 fully saturated rings. The predicted molar refractivity (Wildman–Crippen MR) is 57.8 cm³/mol. The van der Waals surface area contributed by atoms with E-state index in [4.69, 9.17) is 11.6 Å². The molecule has 78 valence electrons. The third-order valence-corrected chi connectivity index (χ3v) is 3.25. The molecule has 2 heterocycles. The van der Waals surface area contributed by atoms with Gasteiger partial charge in [-0.25, -0.2) is 0 Å². The summed E-state index contributed by atoms with van der Waals surface area (Å²) in [6, 6.07) is 0. The molecule has 0 aromatic carbocycles. The largest absolute Gasteiger partial charge is 0.316 e. The van der Waals surface area contributed by atoms with Gasteiger partial charge in [-0.1, -0.05) is 11.6 Å². The first-order chi connectivity index (χ1) is 6.83. The molecule has 3 nitrogen and oxygen atoms in total. The second-order valence-corrected chi connectivity index (χ2v) is 4.11. The lowest BCUT2D eigenvalue weighted by Crippen LogP contribution is -2.28. The number of piperidine rings is 1. The van der Waals surface area contributed by atoms with Gasteiger partial charge in [-0.2, -0.15) is 5.10 Å². The highest BCUT2D eigenvalue weighted by Crippen LogP contribution is 2.28. The Morgan fingerprint density at radius 3 is 3.14 bits per heavy atom. The molecule has 14 heavy (non-hydrogen) atoms. The second kappa shape index (κ2) is 4.32. The summed E-state index contributed by atoms with van der Waals surface area (Å²) < 4.78 is 1.85. The minimum atomic E-state index is 0.552. The molecule has 1 saturated heterocycles. The number of aromatic nitrogens is 2. The summed E-state index contributed by atoms with van der Waals surface area (Å²) in [5, 5.41) is 8.48. The van der Waals surface area contributed by atoms with Crippen molar-refractivity contribution in [3.8, 4) is 0 Å². The van der Waals surface area contributed by atoms with Crippen molar-refractivity contribution in [3.05, 3.63) is 16.9 Å². The van der Waals surface area contributed by atoms with Crippen LogP contribution in [0.4, 0.5) is 0 Å². The number of aryl methyl sites for hydroxylation is 1. The van der Waals surface area contributed by atoms with Crippen LogP contribution in [0.2, 0.25) is 5.15 Å². The zero-order chi connectivity index (χ0) is 9.97. The molecule has 1 aliphatic heterocycles. The van der Waals surface area contributed by atoms with Crippen LogP contribution in [0.1, 0.15) is 31.2 Å². The fraction of sp³-hybridized carbons (Fsp3) is 0.700. The summed E-state index contributed by atoms with van der Waals surface area (Å²) >= 11 is 6.23. The molecule has 1 unspecified atom stereocenters. The van der Waals surface area contributed by atoms with Gasteiger partial charge in [0.15, 0.2) is 0 Å². The number of nitrogens with one attached hydrogen (secondary N) is 1. The second-order valence-electron chi connectivity index (χ2n) is 3.75. The number of hydrogen-bond acceptors (Lipinski definition) is 2. The van der Waals surface area contributed by atoms with E-state index in [1.165, 1.54) is 18.4 Å². The summed E-state index contributed by atoms with van der Waals surface area (Å²) in [7, 11) is 0. The Balaban J connectivity index is 2.18. The van der Waals surface area contributed by atoms with Crippen LogP contribution in [0.15, 0.2) is 6.20 Å². The molecule has 0 aliphatic carbocycles. The van der Waals surface area contributed by atoms with E-state index in [0.29, 0.717) is 5.92 Å². The van der Waals surface area contributed by atoms with Crippen molar-refractivity contribution in [3.63, 3.8) is 0 Å². The van der Waals surface area contributed by atoms with E-state index in [0.717, 1.165) is 24.8 Å². The molecule has 0 bridgehead atoms. The topological polar surface area (TPSA) is 29.9 Å². The molecule has 4 heteroatoms. The predicted octanol–water partition coefficient (Wildman–Crippen LogP) is 2.02. The average molecular weight is 214 g/mol. The van der Waals surface area contributed by atoms with Gasteiger partial charge in [0.2, 0.25) is 0 Å². The molecule has 1 aromatic heterocycles. The Morgan fingerprint density at radius 1 is 1.71 bits per heavy atom. The van der Waals surface area contributed by atoms with Gasteiger partial charge in [0.1, 0.15) is 5.15 Å². The zero-order valence-corrected chi connectivity index (χ0v) is 9.22. The van der Waals surface area contributed by atoms with Crippen LogP contribution in [0.3, 0.4) is 0 Å². The normalized spacial score (nSPS) is 22.6. The lowest BCUT2D eigenvalue weighted by Gasteiger charge is -2.21. The molecule has 0 saturated carbocycles. The maximum atomic E-state index is 6.23. The lowest BCUT2D eigenvalue weighted by molar-refractivity contribution is 0.461. The number of hydrogen-bond donors (Lipinski definition) is 1. The van der Waals surface area contributed by atoms with Gasteiger partial charge < -0.3 is 5.32 Å². The van der Waals surface area contributed by atoms with Crippen molar-refractivity contribution in [2.45, 2.75) is 32.2 Å². The highest BCUT2D eigenvalue weighted by molar-refractivity contribution is 6.30. The van der Waals surface area contributed by atoms with Crippen LogP contribution in [0.25, 0.3) is 0 Å². The third kappa shape index (κ3) is 1.79. The molecule has 1 N–H and O–H groups in total. The first kappa shape index (κ1) is 9.99. The summed E-state index contributed by atoms with van der Waals surface area (Å²) in [5.41, 5.74) is 1.21. The highest BCUT2D eigenvalue weighted by atomic mass is 35.5. The number of rotatable bonds is 2. The van der Waals surface area contributed by atoms with Crippen LogP contribution < -0.4 is 5.32 Å². The molecule has 0 radical (unpaired) electrons. The van der Waals surface area contributed by atoms with Crippen LogP contribution in [0.5, 0.6) is 0 Å². The Hall–Kier alpha value is -0.540. The molecular weight excluding hydrogens is 198 g/mol.